The topological polar surface area (TPSA) is 52.6 Å². The van der Waals surface area contributed by atoms with E-state index in [0.717, 1.165) is 46.0 Å². The fourth-order valence-electron chi connectivity index (χ4n) is 2.61. The number of ether oxygens (including phenoxy) is 1. The Morgan fingerprint density at radius 2 is 1.95 bits per heavy atom. The molecule has 0 radical (unpaired) electrons. The van der Waals surface area contributed by atoms with Gasteiger partial charge in [-0.15, -0.1) is 0 Å². The van der Waals surface area contributed by atoms with E-state index in [4.69, 9.17) is 8.92 Å². The highest BCUT2D eigenvalue weighted by Crippen LogP contribution is 2.47. The second kappa shape index (κ2) is 5.05. The summed E-state index contributed by atoms with van der Waals surface area (Å²) < 4.78 is 47.9. The van der Waals surface area contributed by atoms with Crippen molar-refractivity contribution in [2.24, 2.45) is 5.41 Å². The fraction of sp³-hybridized carbons (Fsp3) is 0.846. The molecule has 1 spiro atoms. The maximum Gasteiger partial charge on any atom is 0.343 e. The van der Waals surface area contributed by atoms with Crippen LogP contribution in [0, 0.1) is 5.41 Å². The maximum absolute atomic E-state index is 13.7. The zero-order chi connectivity index (χ0) is 14.1. The third kappa shape index (κ3) is 2.94. The number of halogens is 1. The van der Waals surface area contributed by atoms with E-state index in [1.165, 1.54) is 0 Å². The van der Waals surface area contributed by atoms with Crippen molar-refractivity contribution in [3.8, 4) is 0 Å². The summed E-state index contributed by atoms with van der Waals surface area (Å²) in [5, 5.41) is -2.39. The van der Waals surface area contributed by atoms with Crippen molar-refractivity contribution in [1.29, 1.82) is 0 Å². The molecule has 0 unspecified atom stereocenters. The lowest BCUT2D eigenvalue weighted by molar-refractivity contribution is 0.00767. The SMILES string of the molecule is CC(C)(F)S(=O)(=O)OC1=CCCCC12CCOCC2. The first kappa shape index (κ1) is 14.8. The summed E-state index contributed by atoms with van der Waals surface area (Å²) in [6.07, 6.45) is 5.94. The molecule has 0 amide bonds. The first-order valence-electron chi connectivity index (χ1n) is 6.68. The van der Waals surface area contributed by atoms with E-state index in [2.05, 4.69) is 0 Å². The van der Waals surface area contributed by atoms with E-state index < -0.39 is 15.1 Å². The van der Waals surface area contributed by atoms with Gasteiger partial charge in [-0.05, 0) is 52.0 Å². The van der Waals surface area contributed by atoms with Crippen molar-refractivity contribution >= 4 is 10.1 Å². The van der Waals surface area contributed by atoms with Crippen LogP contribution >= 0.6 is 0 Å². The highest BCUT2D eigenvalue weighted by Gasteiger charge is 2.44. The molecule has 1 saturated heterocycles. The Bertz CT molecular complexity index is 456. The standard InChI is InChI=1S/C13H21FO4S/c1-12(2,14)19(15,16)18-11-5-3-4-6-13(11)7-9-17-10-8-13/h5H,3-4,6-10H2,1-2H3. The second-order valence-corrected chi connectivity index (χ2v) is 7.80. The van der Waals surface area contributed by atoms with Gasteiger partial charge in [0.1, 0.15) is 5.76 Å². The van der Waals surface area contributed by atoms with Crippen LogP contribution in [0.5, 0.6) is 0 Å². The minimum atomic E-state index is -4.25. The lowest BCUT2D eigenvalue weighted by Gasteiger charge is -2.40. The Labute approximate surface area is 114 Å². The van der Waals surface area contributed by atoms with Gasteiger partial charge in [-0.2, -0.15) is 8.42 Å². The van der Waals surface area contributed by atoms with Gasteiger partial charge >= 0.3 is 10.1 Å². The summed E-state index contributed by atoms with van der Waals surface area (Å²) in [7, 11) is -4.25. The largest absolute Gasteiger partial charge is 0.384 e. The van der Waals surface area contributed by atoms with Gasteiger partial charge in [0.25, 0.3) is 0 Å². The molecular formula is C13H21FO4S. The zero-order valence-corrected chi connectivity index (χ0v) is 12.3. The maximum atomic E-state index is 13.7. The molecule has 2 rings (SSSR count). The molecule has 110 valence electrons. The zero-order valence-electron chi connectivity index (χ0n) is 11.4. The molecular weight excluding hydrogens is 271 g/mol. The summed E-state index contributed by atoms with van der Waals surface area (Å²) >= 11 is 0. The lowest BCUT2D eigenvalue weighted by Crippen LogP contribution is -2.37. The Hall–Kier alpha value is -0.620. The Morgan fingerprint density at radius 3 is 2.53 bits per heavy atom. The third-order valence-electron chi connectivity index (χ3n) is 3.96. The van der Waals surface area contributed by atoms with Gasteiger partial charge in [0.05, 0.1) is 0 Å². The molecule has 0 bridgehead atoms. The fourth-order valence-corrected chi connectivity index (χ4v) is 3.29. The van der Waals surface area contributed by atoms with Gasteiger partial charge < -0.3 is 8.92 Å². The van der Waals surface area contributed by atoms with Crippen LogP contribution in [0.15, 0.2) is 11.8 Å². The second-order valence-electron chi connectivity index (χ2n) is 5.75. The normalized spacial score (nSPS) is 24.1. The van der Waals surface area contributed by atoms with Crippen LogP contribution in [0.25, 0.3) is 0 Å². The van der Waals surface area contributed by atoms with Crippen LogP contribution in [0.1, 0.15) is 46.0 Å². The van der Waals surface area contributed by atoms with Crippen molar-refractivity contribution < 1.29 is 21.7 Å². The molecule has 1 heterocycles. The van der Waals surface area contributed by atoms with Crippen LogP contribution in [-0.2, 0) is 19.0 Å². The van der Waals surface area contributed by atoms with Crippen molar-refractivity contribution in [3.05, 3.63) is 11.8 Å². The Morgan fingerprint density at radius 1 is 1.32 bits per heavy atom. The first-order chi connectivity index (χ1) is 8.77. The predicted octanol–water partition coefficient (Wildman–Crippen LogP) is 2.90. The number of hydrogen-bond acceptors (Lipinski definition) is 4. The van der Waals surface area contributed by atoms with Crippen LogP contribution in [0.4, 0.5) is 4.39 Å². The average Bonchev–Trinajstić information content (AvgIpc) is 2.32. The van der Waals surface area contributed by atoms with Crippen molar-refractivity contribution in [2.45, 2.75) is 51.0 Å². The number of rotatable bonds is 3. The van der Waals surface area contributed by atoms with E-state index in [0.29, 0.717) is 19.0 Å². The molecule has 6 heteroatoms. The lowest BCUT2D eigenvalue weighted by atomic mass is 9.72. The minimum Gasteiger partial charge on any atom is -0.384 e. The molecule has 0 N–H and O–H groups in total. The molecule has 0 aromatic carbocycles. The van der Waals surface area contributed by atoms with Gasteiger partial charge in [-0.25, -0.2) is 4.39 Å². The van der Waals surface area contributed by atoms with Crippen molar-refractivity contribution in [2.75, 3.05) is 13.2 Å². The third-order valence-corrected chi connectivity index (χ3v) is 5.54. The molecule has 2 aliphatic rings. The van der Waals surface area contributed by atoms with E-state index in [9.17, 15) is 12.8 Å². The van der Waals surface area contributed by atoms with Gasteiger partial charge in [0.15, 0.2) is 0 Å². The molecule has 1 aliphatic heterocycles. The molecule has 0 saturated carbocycles. The van der Waals surface area contributed by atoms with E-state index in [1.807, 2.05) is 0 Å². The molecule has 1 fully saturated rings. The molecule has 4 nitrogen and oxygen atoms in total. The Balaban J connectivity index is 2.24. The summed E-state index contributed by atoms with van der Waals surface area (Å²) in [6, 6.07) is 0. The predicted molar refractivity (Wildman–Crippen MR) is 69.6 cm³/mol. The monoisotopic (exact) mass is 292 g/mol. The summed E-state index contributed by atoms with van der Waals surface area (Å²) in [5.41, 5.74) is -0.283. The highest BCUT2D eigenvalue weighted by molar-refractivity contribution is 7.88. The van der Waals surface area contributed by atoms with Crippen LogP contribution < -0.4 is 0 Å². The number of alkyl halides is 1. The van der Waals surface area contributed by atoms with Crippen LogP contribution in [-0.4, -0.2) is 26.6 Å². The molecule has 0 aromatic rings. The molecule has 1 aliphatic carbocycles. The van der Waals surface area contributed by atoms with Crippen LogP contribution in [0.2, 0.25) is 0 Å². The summed E-state index contributed by atoms with van der Waals surface area (Å²) in [4.78, 5) is 0. The smallest absolute Gasteiger partial charge is 0.343 e. The highest BCUT2D eigenvalue weighted by atomic mass is 32.2. The van der Waals surface area contributed by atoms with Crippen molar-refractivity contribution in [3.63, 3.8) is 0 Å². The van der Waals surface area contributed by atoms with E-state index >= 15 is 0 Å². The van der Waals surface area contributed by atoms with E-state index in [-0.39, 0.29) is 5.41 Å². The number of hydrogen-bond donors (Lipinski definition) is 0. The first-order valence-corrected chi connectivity index (χ1v) is 8.09. The summed E-state index contributed by atoms with van der Waals surface area (Å²) in [5.74, 6) is 0.424. The Kier molecular flexibility index (Phi) is 3.93. The van der Waals surface area contributed by atoms with Crippen molar-refractivity contribution in [1.82, 2.24) is 0 Å². The van der Waals surface area contributed by atoms with Crippen LogP contribution in [0.3, 0.4) is 0 Å². The average molecular weight is 292 g/mol. The molecule has 19 heavy (non-hydrogen) atoms. The van der Waals surface area contributed by atoms with Gasteiger partial charge in [-0.1, -0.05) is 0 Å². The summed E-state index contributed by atoms with van der Waals surface area (Å²) in [6.45, 7) is 3.20. The number of allylic oxidation sites excluding steroid dienone is 2. The minimum absolute atomic E-state index is 0.283. The quantitative estimate of drug-likeness (QED) is 0.751. The van der Waals surface area contributed by atoms with E-state index in [1.54, 1.807) is 6.08 Å². The van der Waals surface area contributed by atoms with Gasteiger partial charge in [0.2, 0.25) is 5.00 Å². The van der Waals surface area contributed by atoms with Gasteiger partial charge in [0, 0.05) is 18.6 Å². The molecule has 0 aromatic heterocycles. The van der Waals surface area contributed by atoms with Gasteiger partial charge in [-0.3, -0.25) is 0 Å². The molecule has 0 atom stereocenters.